The van der Waals surface area contributed by atoms with Crippen LogP contribution in [0.25, 0.3) is 0 Å². The van der Waals surface area contributed by atoms with Crippen LogP contribution in [0.5, 0.6) is 5.75 Å². The number of halogens is 1. The zero-order valence-corrected chi connectivity index (χ0v) is 12.3. The molecule has 0 amide bonds. The number of ether oxygens (including phenoxy) is 1. The predicted octanol–water partition coefficient (Wildman–Crippen LogP) is 2.78. The van der Waals surface area contributed by atoms with Crippen molar-refractivity contribution in [2.75, 3.05) is 33.3 Å². The minimum Gasteiger partial charge on any atom is -0.492 e. The van der Waals surface area contributed by atoms with E-state index in [1.54, 1.807) is 0 Å². The van der Waals surface area contributed by atoms with E-state index in [1.165, 1.54) is 0 Å². The Morgan fingerprint density at radius 2 is 2.00 bits per heavy atom. The van der Waals surface area contributed by atoms with Gasteiger partial charge in [-0.3, -0.25) is 0 Å². The van der Waals surface area contributed by atoms with Gasteiger partial charge in [-0.1, -0.05) is 25.4 Å². The minimum atomic E-state index is 0.708. The standard InChI is InChI=1S/C14H23ClN2O/c1-4-17(5-2)8-9-18-14-7-6-13(15)10-12(14)11-16-3/h6-7,10,16H,4-5,8-9,11H2,1-3H3. The molecular formula is C14H23ClN2O. The van der Waals surface area contributed by atoms with Gasteiger partial charge in [0.25, 0.3) is 0 Å². The quantitative estimate of drug-likeness (QED) is 0.786. The third-order valence-corrected chi connectivity index (χ3v) is 3.18. The van der Waals surface area contributed by atoms with Crippen LogP contribution in [0.2, 0.25) is 5.02 Å². The summed E-state index contributed by atoms with van der Waals surface area (Å²) >= 11 is 5.99. The summed E-state index contributed by atoms with van der Waals surface area (Å²) < 4.78 is 5.84. The van der Waals surface area contributed by atoms with Gasteiger partial charge in [-0.15, -0.1) is 0 Å². The van der Waals surface area contributed by atoms with Crippen LogP contribution in [0, 0.1) is 0 Å². The number of nitrogens with one attached hydrogen (secondary N) is 1. The number of likely N-dealkylation sites (N-methyl/N-ethyl adjacent to an activating group) is 1. The molecule has 1 aromatic carbocycles. The van der Waals surface area contributed by atoms with E-state index in [2.05, 4.69) is 24.1 Å². The molecule has 0 bridgehead atoms. The third kappa shape index (κ3) is 4.84. The summed E-state index contributed by atoms with van der Waals surface area (Å²) in [5.74, 6) is 0.918. The molecule has 4 heteroatoms. The molecule has 0 aromatic heterocycles. The van der Waals surface area contributed by atoms with E-state index < -0.39 is 0 Å². The Bertz CT molecular complexity index is 354. The fourth-order valence-electron chi connectivity index (χ4n) is 1.84. The Kier molecular flexibility index (Phi) is 7.09. The van der Waals surface area contributed by atoms with Crippen LogP contribution in [0.3, 0.4) is 0 Å². The number of nitrogens with zero attached hydrogens (tertiary/aromatic N) is 1. The van der Waals surface area contributed by atoms with Crippen LogP contribution in [-0.4, -0.2) is 38.2 Å². The Balaban J connectivity index is 2.55. The molecule has 3 nitrogen and oxygen atoms in total. The smallest absolute Gasteiger partial charge is 0.123 e. The summed E-state index contributed by atoms with van der Waals surface area (Å²) in [5.41, 5.74) is 1.10. The lowest BCUT2D eigenvalue weighted by Gasteiger charge is -2.19. The van der Waals surface area contributed by atoms with Gasteiger partial charge in [0.2, 0.25) is 0 Å². The molecular weight excluding hydrogens is 248 g/mol. The van der Waals surface area contributed by atoms with E-state index in [1.807, 2.05) is 25.2 Å². The average molecular weight is 271 g/mol. The molecule has 0 radical (unpaired) electrons. The molecule has 0 spiro atoms. The number of hydrogen-bond donors (Lipinski definition) is 1. The topological polar surface area (TPSA) is 24.5 Å². The second-order valence-corrected chi connectivity index (χ2v) is 4.59. The predicted molar refractivity (Wildman–Crippen MR) is 77.5 cm³/mol. The van der Waals surface area contributed by atoms with Crippen molar-refractivity contribution < 1.29 is 4.74 Å². The van der Waals surface area contributed by atoms with Crippen LogP contribution >= 0.6 is 11.6 Å². The van der Waals surface area contributed by atoms with Gasteiger partial charge < -0.3 is 15.0 Å². The summed E-state index contributed by atoms with van der Waals surface area (Å²) in [6, 6.07) is 5.76. The first-order valence-electron chi connectivity index (χ1n) is 6.49. The summed E-state index contributed by atoms with van der Waals surface area (Å²) in [7, 11) is 1.92. The van der Waals surface area contributed by atoms with Crippen molar-refractivity contribution in [3.63, 3.8) is 0 Å². The number of hydrogen-bond acceptors (Lipinski definition) is 3. The van der Waals surface area contributed by atoms with E-state index >= 15 is 0 Å². The lowest BCUT2D eigenvalue weighted by Crippen LogP contribution is -2.28. The van der Waals surface area contributed by atoms with Gasteiger partial charge in [0, 0.05) is 23.7 Å². The van der Waals surface area contributed by atoms with Gasteiger partial charge in [-0.2, -0.15) is 0 Å². The van der Waals surface area contributed by atoms with Crippen molar-refractivity contribution >= 4 is 11.6 Å². The lowest BCUT2D eigenvalue weighted by molar-refractivity contribution is 0.221. The van der Waals surface area contributed by atoms with Crippen LogP contribution in [0.15, 0.2) is 18.2 Å². The van der Waals surface area contributed by atoms with Crippen molar-refractivity contribution in [3.05, 3.63) is 28.8 Å². The second-order valence-electron chi connectivity index (χ2n) is 4.16. The van der Waals surface area contributed by atoms with Gasteiger partial charge in [0.05, 0.1) is 0 Å². The first kappa shape index (κ1) is 15.3. The largest absolute Gasteiger partial charge is 0.492 e. The maximum absolute atomic E-state index is 5.99. The Morgan fingerprint density at radius 1 is 1.28 bits per heavy atom. The molecule has 1 rings (SSSR count). The molecule has 0 atom stereocenters. The summed E-state index contributed by atoms with van der Waals surface area (Å²) in [6.45, 7) is 8.87. The summed E-state index contributed by atoms with van der Waals surface area (Å²) in [5, 5.41) is 3.87. The van der Waals surface area contributed by atoms with Crippen molar-refractivity contribution in [1.82, 2.24) is 10.2 Å². The zero-order valence-electron chi connectivity index (χ0n) is 11.5. The molecule has 18 heavy (non-hydrogen) atoms. The highest BCUT2D eigenvalue weighted by Gasteiger charge is 2.05. The van der Waals surface area contributed by atoms with Gasteiger partial charge in [0.1, 0.15) is 12.4 Å². The fraction of sp³-hybridized carbons (Fsp3) is 0.571. The lowest BCUT2D eigenvalue weighted by atomic mass is 10.2. The van der Waals surface area contributed by atoms with Crippen LogP contribution < -0.4 is 10.1 Å². The Hall–Kier alpha value is -0.770. The van der Waals surface area contributed by atoms with Crippen LogP contribution in [0.4, 0.5) is 0 Å². The maximum Gasteiger partial charge on any atom is 0.123 e. The van der Waals surface area contributed by atoms with Gasteiger partial charge in [-0.25, -0.2) is 0 Å². The highest BCUT2D eigenvalue weighted by molar-refractivity contribution is 6.30. The molecule has 0 unspecified atom stereocenters. The highest BCUT2D eigenvalue weighted by Crippen LogP contribution is 2.22. The van der Waals surface area contributed by atoms with E-state index in [-0.39, 0.29) is 0 Å². The minimum absolute atomic E-state index is 0.708. The van der Waals surface area contributed by atoms with E-state index in [0.29, 0.717) is 6.61 Å². The van der Waals surface area contributed by atoms with E-state index in [9.17, 15) is 0 Å². The fourth-order valence-corrected chi connectivity index (χ4v) is 2.04. The Morgan fingerprint density at radius 3 is 2.61 bits per heavy atom. The summed E-state index contributed by atoms with van der Waals surface area (Å²) in [4.78, 5) is 2.34. The SMILES string of the molecule is CCN(CC)CCOc1ccc(Cl)cc1CNC. The number of benzene rings is 1. The van der Waals surface area contributed by atoms with E-state index in [0.717, 1.165) is 42.5 Å². The van der Waals surface area contributed by atoms with E-state index in [4.69, 9.17) is 16.3 Å². The molecule has 1 N–H and O–H groups in total. The Labute approximate surface area is 115 Å². The van der Waals surface area contributed by atoms with Gasteiger partial charge in [0.15, 0.2) is 0 Å². The first-order valence-corrected chi connectivity index (χ1v) is 6.87. The molecule has 0 saturated carbocycles. The molecule has 102 valence electrons. The molecule has 0 fully saturated rings. The number of rotatable bonds is 8. The van der Waals surface area contributed by atoms with Gasteiger partial charge >= 0.3 is 0 Å². The van der Waals surface area contributed by atoms with Crippen LogP contribution in [0.1, 0.15) is 19.4 Å². The van der Waals surface area contributed by atoms with Crippen molar-refractivity contribution in [2.24, 2.45) is 0 Å². The molecule has 0 heterocycles. The normalized spacial score (nSPS) is 10.9. The van der Waals surface area contributed by atoms with Crippen molar-refractivity contribution in [3.8, 4) is 5.75 Å². The zero-order chi connectivity index (χ0) is 13.4. The van der Waals surface area contributed by atoms with Gasteiger partial charge in [-0.05, 0) is 38.3 Å². The molecule has 0 aliphatic rings. The molecule has 0 aliphatic heterocycles. The molecule has 0 saturated heterocycles. The monoisotopic (exact) mass is 270 g/mol. The molecule has 0 aliphatic carbocycles. The average Bonchev–Trinajstić information content (AvgIpc) is 2.37. The van der Waals surface area contributed by atoms with Crippen molar-refractivity contribution in [2.45, 2.75) is 20.4 Å². The third-order valence-electron chi connectivity index (χ3n) is 2.95. The maximum atomic E-state index is 5.99. The molecule has 1 aromatic rings. The first-order chi connectivity index (χ1) is 8.71. The highest BCUT2D eigenvalue weighted by atomic mass is 35.5. The summed E-state index contributed by atoms with van der Waals surface area (Å²) in [6.07, 6.45) is 0. The van der Waals surface area contributed by atoms with Crippen molar-refractivity contribution in [1.29, 1.82) is 0 Å². The second kappa shape index (κ2) is 8.35. The van der Waals surface area contributed by atoms with Crippen LogP contribution in [-0.2, 0) is 6.54 Å².